The normalized spacial score (nSPS) is 20.5. The molecule has 2 aromatic rings. The van der Waals surface area contributed by atoms with E-state index in [1.165, 1.54) is 12.1 Å². The summed E-state index contributed by atoms with van der Waals surface area (Å²) in [5.74, 6) is -1.45. The minimum atomic E-state index is -0.618. The van der Waals surface area contributed by atoms with Crippen molar-refractivity contribution in [3.8, 4) is 0 Å². The standard InChI is InChI=1S/C29H34ClFN4O3/c1-32-11-13-35(14-12-32)29(38)27(36)24-18-33(2)26-17-25(30)23(16-22(24)26)28(37)34-9-7-20(8-10-34)15-19-3-5-21(31)6-4-19/h3-6,16-17,20,24H,7-15,18H2,1-2H3. The van der Waals surface area contributed by atoms with Gasteiger partial charge in [0.15, 0.2) is 0 Å². The van der Waals surface area contributed by atoms with Gasteiger partial charge in [0, 0.05) is 58.5 Å². The predicted molar refractivity (Wildman–Crippen MR) is 145 cm³/mol. The first kappa shape index (κ1) is 26.6. The highest BCUT2D eigenvalue weighted by Gasteiger charge is 2.39. The van der Waals surface area contributed by atoms with E-state index in [1.807, 2.05) is 36.0 Å². The van der Waals surface area contributed by atoms with Crippen LogP contribution in [-0.2, 0) is 16.0 Å². The highest BCUT2D eigenvalue weighted by atomic mass is 35.5. The number of halogens is 2. The molecule has 0 radical (unpaired) electrons. The molecule has 0 saturated carbocycles. The lowest BCUT2D eigenvalue weighted by Crippen LogP contribution is -2.50. The maximum Gasteiger partial charge on any atom is 0.290 e. The number of hydrogen-bond acceptors (Lipinski definition) is 5. The monoisotopic (exact) mass is 540 g/mol. The molecule has 38 heavy (non-hydrogen) atoms. The molecule has 0 aliphatic carbocycles. The van der Waals surface area contributed by atoms with Crippen molar-refractivity contribution in [2.24, 2.45) is 5.92 Å². The van der Waals surface area contributed by atoms with E-state index in [4.69, 9.17) is 11.6 Å². The first-order valence-electron chi connectivity index (χ1n) is 13.3. The minimum absolute atomic E-state index is 0.149. The zero-order valence-electron chi connectivity index (χ0n) is 22.0. The van der Waals surface area contributed by atoms with E-state index in [0.717, 1.165) is 43.6 Å². The van der Waals surface area contributed by atoms with Crippen LogP contribution < -0.4 is 4.90 Å². The molecule has 9 heteroatoms. The summed E-state index contributed by atoms with van der Waals surface area (Å²) in [5.41, 5.74) is 2.96. The number of fused-ring (bicyclic) bond motifs is 1. The maximum absolute atomic E-state index is 13.5. The summed E-state index contributed by atoms with van der Waals surface area (Å²) in [4.78, 5) is 47.4. The summed E-state index contributed by atoms with van der Waals surface area (Å²) in [7, 11) is 3.87. The molecular formula is C29H34ClFN4O3. The van der Waals surface area contributed by atoms with Crippen LogP contribution in [0.5, 0.6) is 0 Å². The van der Waals surface area contributed by atoms with Crippen LogP contribution in [0, 0.1) is 11.7 Å². The minimum Gasteiger partial charge on any atom is -0.373 e. The smallest absolute Gasteiger partial charge is 0.290 e. The lowest BCUT2D eigenvalue weighted by atomic mass is 9.89. The molecule has 202 valence electrons. The second-order valence-electron chi connectivity index (χ2n) is 10.8. The number of anilines is 1. The fourth-order valence-corrected chi connectivity index (χ4v) is 6.07. The van der Waals surface area contributed by atoms with Gasteiger partial charge in [-0.3, -0.25) is 14.4 Å². The summed E-state index contributed by atoms with van der Waals surface area (Å²) in [6, 6.07) is 10.1. The molecule has 2 fully saturated rings. The summed E-state index contributed by atoms with van der Waals surface area (Å²) in [6.07, 6.45) is 2.57. The van der Waals surface area contributed by atoms with Crippen molar-refractivity contribution in [2.45, 2.75) is 25.2 Å². The van der Waals surface area contributed by atoms with Crippen molar-refractivity contribution >= 4 is 34.9 Å². The zero-order chi connectivity index (χ0) is 27.0. The van der Waals surface area contributed by atoms with Gasteiger partial charge < -0.3 is 19.6 Å². The molecule has 5 rings (SSSR count). The molecule has 0 bridgehead atoms. The molecule has 3 aliphatic rings. The number of piperazine rings is 1. The summed E-state index contributed by atoms with van der Waals surface area (Å²) >= 11 is 6.59. The molecule has 2 saturated heterocycles. The number of likely N-dealkylation sites (N-methyl/N-ethyl adjacent to an activating group) is 2. The number of amides is 2. The van der Waals surface area contributed by atoms with Crippen LogP contribution in [-0.4, -0.2) is 92.2 Å². The Morgan fingerprint density at radius 1 is 0.921 bits per heavy atom. The van der Waals surface area contributed by atoms with Gasteiger partial charge in [-0.2, -0.15) is 0 Å². The van der Waals surface area contributed by atoms with Gasteiger partial charge in [-0.1, -0.05) is 23.7 Å². The van der Waals surface area contributed by atoms with Gasteiger partial charge in [0.25, 0.3) is 11.8 Å². The van der Waals surface area contributed by atoms with Gasteiger partial charge >= 0.3 is 0 Å². The number of likely N-dealkylation sites (tertiary alicyclic amines) is 1. The molecule has 1 unspecified atom stereocenters. The lowest BCUT2D eigenvalue weighted by molar-refractivity contribution is -0.146. The number of rotatable bonds is 5. The highest BCUT2D eigenvalue weighted by molar-refractivity contribution is 6.39. The predicted octanol–water partition coefficient (Wildman–Crippen LogP) is 3.45. The highest BCUT2D eigenvalue weighted by Crippen LogP contribution is 2.40. The molecule has 3 heterocycles. The number of benzene rings is 2. The van der Waals surface area contributed by atoms with E-state index in [-0.39, 0.29) is 11.7 Å². The van der Waals surface area contributed by atoms with Crippen molar-refractivity contribution in [1.82, 2.24) is 14.7 Å². The van der Waals surface area contributed by atoms with Gasteiger partial charge in [0.05, 0.1) is 16.5 Å². The van der Waals surface area contributed by atoms with Gasteiger partial charge in [-0.15, -0.1) is 0 Å². The van der Waals surface area contributed by atoms with E-state index < -0.39 is 17.6 Å². The molecule has 1 atom stereocenters. The topological polar surface area (TPSA) is 64.2 Å². The van der Waals surface area contributed by atoms with E-state index in [9.17, 15) is 18.8 Å². The first-order valence-corrected chi connectivity index (χ1v) is 13.7. The average Bonchev–Trinajstić information content (AvgIpc) is 3.24. The fourth-order valence-electron chi connectivity index (χ4n) is 5.83. The third-order valence-corrected chi connectivity index (χ3v) is 8.56. The number of Topliss-reactive ketones (excluding diaryl/α,β-unsaturated/α-hetero) is 1. The largest absolute Gasteiger partial charge is 0.373 e. The molecule has 0 aromatic heterocycles. The average molecular weight is 541 g/mol. The number of piperidine rings is 1. The SMILES string of the molecule is CN1CCN(C(=O)C(=O)C2CN(C)c3cc(Cl)c(C(=O)N4CCC(Cc5ccc(F)cc5)CC4)cc32)CC1. The summed E-state index contributed by atoms with van der Waals surface area (Å²) in [6.45, 7) is 4.18. The number of carbonyl (C=O) groups is 3. The molecule has 2 aromatic carbocycles. The van der Waals surface area contributed by atoms with Gasteiger partial charge in [-0.05, 0) is 67.6 Å². The Bertz CT molecular complexity index is 1220. The Balaban J connectivity index is 1.27. The van der Waals surface area contributed by atoms with Crippen LogP contribution in [0.1, 0.15) is 40.2 Å². The lowest BCUT2D eigenvalue weighted by Gasteiger charge is -2.32. The van der Waals surface area contributed by atoms with Crippen molar-refractivity contribution < 1.29 is 18.8 Å². The zero-order valence-corrected chi connectivity index (χ0v) is 22.7. The Hall–Kier alpha value is -2.97. The second-order valence-corrected chi connectivity index (χ2v) is 11.3. The Morgan fingerprint density at radius 2 is 1.58 bits per heavy atom. The fraction of sp³-hybridized carbons (Fsp3) is 0.483. The van der Waals surface area contributed by atoms with Gasteiger partial charge in [-0.25, -0.2) is 4.39 Å². The third-order valence-electron chi connectivity index (χ3n) is 8.25. The van der Waals surface area contributed by atoms with Crippen molar-refractivity contribution in [2.75, 3.05) is 64.8 Å². The maximum atomic E-state index is 13.5. The first-order chi connectivity index (χ1) is 18.2. The quantitative estimate of drug-likeness (QED) is 0.544. The van der Waals surface area contributed by atoms with Crippen LogP contribution in [0.2, 0.25) is 5.02 Å². The molecule has 0 N–H and O–H groups in total. The van der Waals surface area contributed by atoms with Crippen LogP contribution in [0.3, 0.4) is 0 Å². The molecule has 2 amide bonds. The van der Waals surface area contributed by atoms with E-state index in [2.05, 4.69) is 4.90 Å². The Kier molecular flexibility index (Phi) is 7.73. The van der Waals surface area contributed by atoms with E-state index in [0.29, 0.717) is 54.8 Å². The molecule has 3 aliphatic heterocycles. The number of carbonyl (C=O) groups excluding carboxylic acids is 3. The van der Waals surface area contributed by atoms with Gasteiger partial charge in [0.1, 0.15) is 5.82 Å². The van der Waals surface area contributed by atoms with Crippen molar-refractivity contribution in [3.05, 3.63) is 63.9 Å². The van der Waals surface area contributed by atoms with Gasteiger partial charge in [0.2, 0.25) is 5.78 Å². The van der Waals surface area contributed by atoms with Crippen LogP contribution in [0.25, 0.3) is 0 Å². The van der Waals surface area contributed by atoms with Crippen LogP contribution in [0.4, 0.5) is 10.1 Å². The summed E-state index contributed by atoms with van der Waals surface area (Å²) < 4.78 is 13.2. The molecule has 0 spiro atoms. The number of ketones is 1. The van der Waals surface area contributed by atoms with Crippen molar-refractivity contribution in [1.29, 1.82) is 0 Å². The van der Waals surface area contributed by atoms with Crippen LogP contribution >= 0.6 is 11.6 Å². The van der Waals surface area contributed by atoms with Crippen LogP contribution in [0.15, 0.2) is 36.4 Å². The summed E-state index contributed by atoms with van der Waals surface area (Å²) in [5, 5.41) is 0.354. The molecular weight excluding hydrogens is 507 g/mol. The second kappa shape index (κ2) is 11.0. The van der Waals surface area contributed by atoms with Crippen molar-refractivity contribution in [3.63, 3.8) is 0 Å². The van der Waals surface area contributed by atoms with E-state index >= 15 is 0 Å². The third kappa shape index (κ3) is 5.43. The molecule has 7 nitrogen and oxygen atoms in total. The Morgan fingerprint density at radius 3 is 2.24 bits per heavy atom. The van der Waals surface area contributed by atoms with E-state index in [1.54, 1.807) is 17.0 Å². The number of hydrogen-bond donors (Lipinski definition) is 0. The number of nitrogens with zero attached hydrogens (tertiary/aromatic N) is 4. The Labute approximate surface area is 228 Å².